The predicted octanol–water partition coefficient (Wildman–Crippen LogP) is 1.38. The fourth-order valence-corrected chi connectivity index (χ4v) is 2.44. The van der Waals surface area contributed by atoms with Crippen LogP contribution in [0.25, 0.3) is 5.65 Å². The average molecular weight is 306 g/mol. The SMILES string of the molecule is c1ccc(Cn2cncn2)c(CNc2nccn3cnnc23)c1. The first-order valence-corrected chi connectivity index (χ1v) is 7.17. The van der Waals surface area contributed by atoms with Crippen molar-refractivity contribution in [2.24, 2.45) is 0 Å². The molecule has 3 heterocycles. The number of aromatic nitrogens is 7. The largest absolute Gasteiger partial charge is 0.363 e. The zero-order chi connectivity index (χ0) is 15.5. The van der Waals surface area contributed by atoms with Crippen molar-refractivity contribution in [2.75, 3.05) is 5.32 Å². The van der Waals surface area contributed by atoms with Crippen molar-refractivity contribution in [1.82, 2.24) is 34.3 Å². The third kappa shape index (κ3) is 2.73. The normalized spacial score (nSPS) is 11.0. The average Bonchev–Trinajstić information content (AvgIpc) is 3.25. The van der Waals surface area contributed by atoms with Gasteiger partial charge in [-0.15, -0.1) is 10.2 Å². The molecule has 0 unspecified atom stereocenters. The summed E-state index contributed by atoms with van der Waals surface area (Å²) >= 11 is 0. The lowest BCUT2D eigenvalue weighted by Gasteiger charge is -2.11. The molecule has 23 heavy (non-hydrogen) atoms. The number of nitrogens with one attached hydrogen (secondary N) is 1. The number of anilines is 1. The summed E-state index contributed by atoms with van der Waals surface area (Å²) in [5.41, 5.74) is 3.06. The molecule has 0 bridgehead atoms. The fraction of sp³-hybridized carbons (Fsp3) is 0.133. The van der Waals surface area contributed by atoms with E-state index in [1.807, 2.05) is 22.7 Å². The van der Waals surface area contributed by atoms with Crippen LogP contribution in [0.4, 0.5) is 5.82 Å². The van der Waals surface area contributed by atoms with Crippen molar-refractivity contribution < 1.29 is 0 Å². The summed E-state index contributed by atoms with van der Waals surface area (Å²) in [6, 6.07) is 8.22. The second-order valence-electron chi connectivity index (χ2n) is 5.05. The number of benzene rings is 1. The molecule has 0 aliphatic carbocycles. The molecule has 0 radical (unpaired) electrons. The van der Waals surface area contributed by atoms with E-state index in [2.05, 4.69) is 42.7 Å². The van der Waals surface area contributed by atoms with Crippen LogP contribution in [0.1, 0.15) is 11.1 Å². The Kier molecular flexibility index (Phi) is 3.39. The van der Waals surface area contributed by atoms with Crippen molar-refractivity contribution >= 4 is 11.5 Å². The van der Waals surface area contributed by atoms with Crippen LogP contribution in [0.15, 0.2) is 55.6 Å². The third-order valence-electron chi connectivity index (χ3n) is 3.58. The molecule has 0 saturated heterocycles. The smallest absolute Gasteiger partial charge is 0.203 e. The first kappa shape index (κ1) is 13.4. The second kappa shape index (κ2) is 5.84. The Hall–Kier alpha value is -3.29. The van der Waals surface area contributed by atoms with Gasteiger partial charge in [-0.05, 0) is 11.1 Å². The standard InChI is InChI=1S/C15H14N8/c1-2-4-13(8-23-10-16-9-20-23)12(3-1)7-18-14-15-21-19-11-22(15)6-5-17-14/h1-6,9-11H,7-8H2,(H,17,18). The quantitative estimate of drug-likeness (QED) is 0.599. The highest BCUT2D eigenvalue weighted by Crippen LogP contribution is 2.15. The van der Waals surface area contributed by atoms with Gasteiger partial charge in [0.15, 0.2) is 5.82 Å². The van der Waals surface area contributed by atoms with Gasteiger partial charge in [0.1, 0.15) is 19.0 Å². The lowest BCUT2D eigenvalue weighted by atomic mass is 10.1. The lowest BCUT2D eigenvalue weighted by Crippen LogP contribution is -2.08. The van der Waals surface area contributed by atoms with Gasteiger partial charge in [0.05, 0.1) is 6.54 Å². The molecule has 0 spiro atoms. The highest BCUT2D eigenvalue weighted by Gasteiger charge is 2.07. The van der Waals surface area contributed by atoms with Gasteiger partial charge in [-0.3, -0.25) is 4.40 Å². The Morgan fingerprint density at radius 3 is 2.87 bits per heavy atom. The Morgan fingerprint density at radius 1 is 1.09 bits per heavy atom. The monoisotopic (exact) mass is 306 g/mol. The molecule has 1 aromatic carbocycles. The molecule has 0 aliphatic heterocycles. The molecule has 114 valence electrons. The van der Waals surface area contributed by atoms with Gasteiger partial charge in [-0.25, -0.2) is 14.6 Å². The van der Waals surface area contributed by atoms with Crippen molar-refractivity contribution in [1.29, 1.82) is 0 Å². The van der Waals surface area contributed by atoms with Crippen LogP contribution in [0.3, 0.4) is 0 Å². The van der Waals surface area contributed by atoms with E-state index in [4.69, 9.17) is 0 Å². The van der Waals surface area contributed by atoms with Gasteiger partial charge in [0, 0.05) is 18.9 Å². The van der Waals surface area contributed by atoms with Gasteiger partial charge < -0.3 is 5.32 Å². The van der Waals surface area contributed by atoms with Gasteiger partial charge in [-0.1, -0.05) is 24.3 Å². The molecule has 0 atom stereocenters. The van der Waals surface area contributed by atoms with Crippen LogP contribution in [-0.2, 0) is 13.1 Å². The molecule has 4 rings (SSSR count). The van der Waals surface area contributed by atoms with Crippen LogP contribution in [0.2, 0.25) is 0 Å². The zero-order valence-electron chi connectivity index (χ0n) is 12.2. The van der Waals surface area contributed by atoms with Crippen molar-refractivity contribution in [3.8, 4) is 0 Å². The minimum atomic E-state index is 0.643. The van der Waals surface area contributed by atoms with Crippen molar-refractivity contribution in [3.05, 3.63) is 66.8 Å². The van der Waals surface area contributed by atoms with Gasteiger partial charge in [0.2, 0.25) is 5.65 Å². The van der Waals surface area contributed by atoms with E-state index in [0.717, 1.165) is 0 Å². The van der Waals surface area contributed by atoms with Crippen molar-refractivity contribution in [2.45, 2.75) is 13.1 Å². The minimum Gasteiger partial charge on any atom is -0.363 e. The highest BCUT2D eigenvalue weighted by atomic mass is 15.3. The second-order valence-corrected chi connectivity index (χ2v) is 5.05. The van der Waals surface area contributed by atoms with E-state index >= 15 is 0 Å². The van der Waals surface area contributed by atoms with Crippen LogP contribution in [0, 0.1) is 0 Å². The summed E-state index contributed by atoms with van der Waals surface area (Å²) in [4.78, 5) is 8.32. The van der Waals surface area contributed by atoms with Crippen LogP contribution < -0.4 is 5.32 Å². The summed E-state index contributed by atoms with van der Waals surface area (Å²) in [7, 11) is 0. The molecule has 8 heteroatoms. The van der Waals surface area contributed by atoms with Gasteiger partial charge in [-0.2, -0.15) is 5.10 Å². The van der Waals surface area contributed by atoms with Gasteiger partial charge >= 0.3 is 0 Å². The number of hydrogen-bond acceptors (Lipinski definition) is 6. The maximum absolute atomic E-state index is 4.34. The van der Waals surface area contributed by atoms with E-state index in [1.54, 1.807) is 23.5 Å². The predicted molar refractivity (Wildman–Crippen MR) is 83.7 cm³/mol. The van der Waals surface area contributed by atoms with E-state index < -0.39 is 0 Å². The van der Waals surface area contributed by atoms with E-state index in [-0.39, 0.29) is 0 Å². The summed E-state index contributed by atoms with van der Waals surface area (Å²) in [6.07, 6.45) is 8.44. The first-order valence-electron chi connectivity index (χ1n) is 7.17. The summed E-state index contributed by atoms with van der Waals surface area (Å²) in [5.74, 6) is 0.709. The molecule has 0 fully saturated rings. The summed E-state index contributed by atoms with van der Waals surface area (Å²) < 4.78 is 3.63. The maximum atomic E-state index is 4.34. The highest BCUT2D eigenvalue weighted by molar-refractivity contribution is 5.61. The molecule has 0 aliphatic rings. The number of nitrogens with zero attached hydrogens (tertiary/aromatic N) is 7. The van der Waals surface area contributed by atoms with Crippen LogP contribution >= 0.6 is 0 Å². The summed E-state index contributed by atoms with van der Waals surface area (Å²) in [6.45, 7) is 1.32. The van der Waals surface area contributed by atoms with Crippen molar-refractivity contribution in [3.63, 3.8) is 0 Å². The number of rotatable bonds is 5. The van der Waals surface area contributed by atoms with Crippen LogP contribution in [-0.4, -0.2) is 34.3 Å². The Balaban J connectivity index is 1.56. The van der Waals surface area contributed by atoms with Gasteiger partial charge in [0.25, 0.3) is 0 Å². The molecule has 4 aromatic rings. The third-order valence-corrected chi connectivity index (χ3v) is 3.58. The first-order chi connectivity index (χ1) is 11.4. The molecule has 8 nitrogen and oxygen atoms in total. The molecule has 0 amide bonds. The number of hydrogen-bond donors (Lipinski definition) is 1. The molecule has 0 saturated carbocycles. The maximum Gasteiger partial charge on any atom is 0.203 e. The van der Waals surface area contributed by atoms with E-state index in [1.165, 1.54) is 17.5 Å². The molecular weight excluding hydrogens is 292 g/mol. The van der Waals surface area contributed by atoms with Crippen LogP contribution in [0.5, 0.6) is 0 Å². The summed E-state index contributed by atoms with van der Waals surface area (Å²) in [5, 5.41) is 15.5. The fourth-order valence-electron chi connectivity index (χ4n) is 2.44. The zero-order valence-corrected chi connectivity index (χ0v) is 12.2. The minimum absolute atomic E-state index is 0.643. The molecule has 3 aromatic heterocycles. The van der Waals surface area contributed by atoms with E-state index in [9.17, 15) is 0 Å². The Labute approximate surface area is 131 Å². The molecule has 1 N–H and O–H groups in total. The molecular formula is C15H14N8. The Morgan fingerprint density at radius 2 is 2.00 bits per heavy atom. The topological polar surface area (TPSA) is 85.8 Å². The number of fused-ring (bicyclic) bond motifs is 1. The van der Waals surface area contributed by atoms with E-state index in [0.29, 0.717) is 24.6 Å². The Bertz CT molecular complexity index is 912. The lowest BCUT2D eigenvalue weighted by molar-refractivity contribution is 0.680.